The second-order valence-corrected chi connectivity index (χ2v) is 6.35. The van der Waals surface area contributed by atoms with Gasteiger partial charge < -0.3 is 14.9 Å². The Hall–Kier alpha value is -2.59. The first-order valence-electron chi connectivity index (χ1n) is 8.80. The predicted molar refractivity (Wildman–Crippen MR) is 108 cm³/mol. The van der Waals surface area contributed by atoms with Crippen molar-refractivity contribution >= 4 is 6.21 Å². The van der Waals surface area contributed by atoms with E-state index < -0.39 is 11.6 Å². The summed E-state index contributed by atoms with van der Waals surface area (Å²) in [6, 6.07) is 23.7. The van der Waals surface area contributed by atoms with Crippen molar-refractivity contribution < 1.29 is 32.0 Å². The molecule has 3 aromatic rings. The number of phenolic OH excluding ortho intramolecular Hbond substituents is 1. The minimum Gasteiger partial charge on any atom is -0.504 e. The van der Waals surface area contributed by atoms with Crippen LogP contribution in [0.15, 0.2) is 83.9 Å². The Bertz CT molecular complexity index is 874. The zero-order chi connectivity index (χ0) is 19.3. The zero-order valence-corrected chi connectivity index (χ0v) is 16.7. The Morgan fingerprint density at radius 3 is 1.93 bits per heavy atom. The summed E-state index contributed by atoms with van der Waals surface area (Å²) in [6.45, 7) is 1.85. The molecule has 0 bridgehead atoms. The standard InChI is InChI=1S/C23H23NO3.Cu/c1-17(24-16-18-10-9-15-21(27-2)22(18)25)23(26,19-11-5-3-6-12-19)20-13-7-4-8-14-20;/h3-17,25-26H,1-2H3;/t17-;/m1./s1. The molecule has 0 fully saturated rings. The van der Waals surface area contributed by atoms with Crippen LogP contribution in [0.5, 0.6) is 11.5 Å². The number of aliphatic hydroxyl groups is 1. The number of hydrogen-bond acceptors (Lipinski definition) is 4. The Morgan fingerprint density at radius 2 is 1.43 bits per heavy atom. The number of phenols is 1. The molecule has 149 valence electrons. The quantitative estimate of drug-likeness (QED) is 0.461. The van der Waals surface area contributed by atoms with E-state index in [0.717, 1.165) is 11.1 Å². The van der Waals surface area contributed by atoms with Crippen LogP contribution in [0.3, 0.4) is 0 Å². The number of methoxy groups -OCH3 is 1. The molecule has 5 heteroatoms. The van der Waals surface area contributed by atoms with E-state index in [0.29, 0.717) is 11.3 Å². The van der Waals surface area contributed by atoms with Crippen LogP contribution in [0.1, 0.15) is 23.6 Å². The Morgan fingerprint density at radius 1 is 0.893 bits per heavy atom. The van der Waals surface area contributed by atoms with Crippen molar-refractivity contribution in [1.82, 2.24) is 0 Å². The molecule has 0 aliphatic rings. The number of hydrogen-bond donors (Lipinski definition) is 2. The maximum atomic E-state index is 11.7. The zero-order valence-electron chi connectivity index (χ0n) is 15.7. The molecule has 3 rings (SSSR count). The molecule has 0 aliphatic heterocycles. The van der Waals surface area contributed by atoms with Gasteiger partial charge in [-0.2, -0.15) is 0 Å². The van der Waals surface area contributed by atoms with E-state index in [1.807, 2.05) is 67.6 Å². The van der Waals surface area contributed by atoms with Crippen LogP contribution in [0, 0.1) is 0 Å². The second-order valence-electron chi connectivity index (χ2n) is 6.35. The molecule has 0 aliphatic carbocycles. The normalized spacial score (nSPS) is 12.4. The average Bonchev–Trinajstić information content (AvgIpc) is 2.73. The summed E-state index contributed by atoms with van der Waals surface area (Å²) in [5, 5.41) is 21.9. The monoisotopic (exact) mass is 424 g/mol. The topological polar surface area (TPSA) is 62.0 Å². The molecule has 2 N–H and O–H groups in total. The van der Waals surface area contributed by atoms with Crippen molar-refractivity contribution in [2.75, 3.05) is 7.11 Å². The van der Waals surface area contributed by atoms with Gasteiger partial charge in [0.05, 0.1) is 13.2 Å². The third-order valence-electron chi connectivity index (χ3n) is 4.72. The first kappa shape index (κ1) is 21.7. The fraction of sp³-hybridized carbons (Fsp3) is 0.174. The third-order valence-corrected chi connectivity index (χ3v) is 4.72. The van der Waals surface area contributed by atoms with E-state index >= 15 is 0 Å². The van der Waals surface area contributed by atoms with Crippen LogP contribution in [-0.2, 0) is 22.7 Å². The molecular weight excluding hydrogens is 402 g/mol. The van der Waals surface area contributed by atoms with Crippen molar-refractivity contribution in [3.05, 3.63) is 95.6 Å². The molecule has 0 saturated heterocycles. The number of rotatable bonds is 6. The van der Waals surface area contributed by atoms with Gasteiger partial charge in [0.1, 0.15) is 5.60 Å². The molecule has 0 saturated carbocycles. The fourth-order valence-electron chi connectivity index (χ4n) is 3.14. The van der Waals surface area contributed by atoms with Crippen LogP contribution in [0.25, 0.3) is 0 Å². The molecule has 28 heavy (non-hydrogen) atoms. The third kappa shape index (κ3) is 4.28. The first-order chi connectivity index (χ1) is 13.1. The van der Waals surface area contributed by atoms with Crippen LogP contribution >= 0.6 is 0 Å². The molecule has 0 unspecified atom stereocenters. The molecule has 4 nitrogen and oxygen atoms in total. The van der Waals surface area contributed by atoms with E-state index in [1.54, 1.807) is 24.4 Å². The second kappa shape index (κ2) is 9.56. The first-order valence-corrected chi connectivity index (χ1v) is 8.80. The summed E-state index contributed by atoms with van der Waals surface area (Å²) in [5.41, 5.74) is 0.754. The van der Waals surface area contributed by atoms with Gasteiger partial charge >= 0.3 is 0 Å². The number of benzene rings is 3. The van der Waals surface area contributed by atoms with Gasteiger partial charge in [-0.05, 0) is 30.2 Å². The maximum absolute atomic E-state index is 11.7. The van der Waals surface area contributed by atoms with Crippen LogP contribution in [0.4, 0.5) is 0 Å². The van der Waals surface area contributed by atoms with Crippen molar-refractivity contribution in [3.63, 3.8) is 0 Å². The number of aromatic hydroxyl groups is 1. The largest absolute Gasteiger partial charge is 0.504 e. The minimum atomic E-state index is -1.30. The molecular formula is C23H23CuNO3. The molecule has 1 radical (unpaired) electrons. The Labute approximate surface area is 176 Å². The molecule has 0 spiro atoms. The fourth-order valence-corrected chi connectivity index (χ4v) is 3.14. The van der Waals surface area contributed by atoms with Crippen LogP contribution < -0.4 is 4.74 Å². The van der Waals surface area contributed by atoms with Crippen molar-refractivity contribution in [3.8, 4) is 11.5 Å². The Balaban J connectivity index is 0.00000280. The predicted octanol–water partition coefficient (Wildman–Crippen LogP) is 4.14. The van der Waals surface area contributed by atoms with Gasteiger partial charge in [-0.1, -0.05) is 66.7 Å². The Kier molecular flexibility index (Phi) is 7.41. The summed E-state index contributed by atoms with van der Waals surface area (Å²) in [7, 11) is 1.50. The van der Waals surface area contributed by atoms with Gasteiger partial charge in [0.2, 0.25) is 0 Å². The minimum absolute atomic E-state index is 0. The van der Waals surface area contributed by atoms with E-state index in [4.69, 9.17) is 4.74 Å². The van der Waals surface area contributed by atoms with E-state index in [2.05, 4.69) is 4.99 Å². The van der Waals surface area contributed by atoms with Crippen LogP contribution in [-0.4, -0.2) is 29.6 Å². The van der Waals surface area contributed by atoms with Gasteiger partial charge in [-0.25, -0.2) is 0 Å². The van der Waals surface area contributed by atoms with Gasteiger partial charge in [0.15, 0.2) is 11.5 Å². The van der Waals surface area contributed by atoms with Gasteiger partial charge in [-0.15, -0.1) is 0 Å². The van der Waals surface area contributed by atoms with Crippen molar-refractivity contribution in [2.24, 2.45) is 4.99 Å². The van der Waals surface area contributed by atoms with E-state index in [1.165, 1.54) is 7.11 Å². The molecule has 0 aromatic heterocycles. The average molecular weight is 425 g/mol. The SMILES string of the molecule is COc1cccc(C=N[C@H](C)C(O)(c2ccccc2)c2ccccc2)c1O.[Cu]. The summed E-state index contributed by atoms with van der Waals surface area (Å²) in [4.78, 5) is 4.56. The molecule has 0 amide bonds. The number of ether oxygens (including phenoxy) is 1. The smallest absolute Gasteiger partial charge is 0.166 e. The summed E-state index contributed by atoms with van der Waals surface area (Å²) >= 11 is 0. The molecule has 3 aromatic carbocycles. The summed E-state index contributed by atoms with van der Waals surface area (Å²) in [5.74, 6) is 0.409. The van der Waals surface area contributed by atoms with Gasteiger partial charge in [0.25, 0.3) is 0 Å². The van der Waals surface area contributed by atoms with Crippen LogP contribution in [0.2, 0.25) is 0 Å². The number of para-hydroxylation sites is 1. The van der Waals surface area contributed by atoms with E-state index in [-0.39, 0.29) is 22.8 Å². The maximum Gasteiger partial charge on any atom is 0.166 e. The van der Waals surface area contributed by atoms with E-state index in [9.17, 15) is 10.2 Å². The molecule has 0 heterocycles. The molecule has 1 atom stereocenters. The summed E-state index contributed by atoms with van der Waals surface area (Å²) in [6.07, 6.45) is 1.57. The van der Waals surface area contributed by atoms with Crippen molar-refractivity contribution in [2.45, 2.75) is 18.6 Å². The van der Waals surface area contributed by atoms with Gasteiger partial charge in [0, 0.05) is 28.8 Å². The summed E-state index contributed by atoms with van der Waals surface area (Å²) < 4.78 is 5.14. The number of aliphatic imine (C=N–C) groups is 1. The van der Waals surface area contributed by atoms with Crippen molar-refractivity contribution in [1.29, 1.82) is 0 Å². The number of nitrogens with zero attached hydrogens (tertiary/aromatic N) is 1. The van der Waals surface area contributed by atoms with Gasteiger partial charge in [-0.3, -0.25) is 4.99 Å².